The number of carbonyl (C=O) groups excluding carboxylic acids is 2. The Morgan fingerprint density at radius 2 is 2.10 bits per heavy atom. The molecule has 8 nitrogen and oxygen atoms in total. The lowest BCUT2D eigenvalue weighted by atomic mass is 9.74. The van der Waals surface area contributed by atoms with E-state index < -0.39 is 41.3 Å². The number of aliphatic hydroxyl groups is 1. The second kappa shape index (κ2) is 8.97. The average Bonchev–Trinajstić information content (AvgIpc) is 3.19. The highest BCUT2D eigenvalue weighted by molar-refractivity contribution is 6.42. The van der Waals surface area contributed by atoms with Crippen molar-refractivity contribution in [3.05, 3.63) is 46.3 Å². The van der Waals surface area contributed by atoms with Gasteiger partial charge in [-0.25, -0.2) is 8.78 Å². The van der Waals surface area contributed by atoms with Gasteiger partial charge in [0.25, 0.3) is 5.91 Å². The zero-order valence-electron chi connectivity index (χ0n) is 17.2. The largest absolute Gasteiger partial charge is 0.473 e. The van der Waals surface area contributed by atoms with Crippen molar-refractivity contribution in [2.75, 3.05) is 19.7 Å². The zero-order valence-corrected chi connectivity index (χ0v) is 17.9. The summed E-state index contributed by atoms with van der Waals surface area (Å²) in [6.07, 6.45) is 0.446. The summed E-state index contributed by atoms with van der Waals surface area (Å²) in [5, 5.41) is 21.0. The van der Waals surface area contributed by atoms with E-state index >= 15 is 0 Å². The molecule has 31 heavy (non-hydrogen) atoms. The number of hydrogen-bond donors (Lipinski definition) is 5. The lowest BCUT2D eigenvalue weighted by Crippen LogP contribution is -2.81. The predicted molar refractivity (Wildman–Crippen MR) is 108 cm³/mol. The second-order valence-corrected chi connectivity index (χ2v) is 8.30. The van der Waals surface area contributed by atoms with Crippen LogP contribution in [0, 0.1) is 17.6 Å². The summed E-state index contributed by atoms with van der Waals surface area (Å²) in [6, 6.07) is 3.07. The highest BCUT2D eigenvalue weighted by Gasteiger charge is 2.59. The Kier molecular flexibility index (Phi) is 6.73. The van der Waals surface area contributed by atoms with E-state index in [0.29, 0.717) is 19.5 Å². The monoisotopic (exact) mass is 458 g/mol. The molecule has 1 saturated heterocycles. The van der Waals surface area contributed by atoms with Crippen LogP contribution in [-0.2, 0) is 20.9 Å². The van der Waals surface area contributed by atoms with Crippen LogP contribution in [0.1, 0.15) is 25.8 Å². The molecular weight excluding hydrogens is 434 g/mol. The zero-order chi connectivity index (χ0) is 22.8. The van der Waals surface area contributed by atoms with Gasteiger partial charge >= 0.3 is 0 Å². The number of ether oxygens (including phenoxy) is 1. The van der Waals surface area contributed by atoms with Gasteiger partial charge in [-0.05, 0) is 31.0 Å². The van der Waals surface area contributed by atoms with Crippen LogP contribution in [-0.4, -0.2) is 47.8 Å². The van der Waals surface area contributed by atoms with Crippen LogP contribution in [0.3, 0.4) is 0 Å². The molecule has 0 saturated carbocycles. The fourth-order valence-corrected chi connectivity index (χ4v) is 4.26. The summed E-state index contributed by atoms with van der Waals surface area (Å²) in [7, 11) is 0. The Bertz CT molecular complexity index is 905. The number of amides is 2. The average molecular weight is 459 g/mol. The predicted octanol–water partition coefficient (Wildman–Crippen LogP) is 0.802. The van der Waals surface area contributed by atoms with E-state index in [2.05, 4.69) is 21.3 Å². The van der Waals surface area contributed by atoms with Gasteiger partial charge < -0.3 is 31.1 Å². The van der Waals surface area contributed by atoms with Crippen molar-refractivity contribution in [3.8, 4) is 0 Å². The standard InChI is InChI=1S/C20H25ClF2N4O4/c1-11(2)20(19(5-6-24-10-19)25-15(29)8-28)26-17(30)16(21)18(27-20)31-9-12-3-4-13(22)7-14(12)23/h3-4,7,11,24,27-28H,5-6,8-10H2,1-2H3,(H,25,29)(H,26,30)/t19-,20?/m0/s1. The van der Waals surface area contributed by atoms with Crippen LogP contribution >= 0.6 is 11.6 Å². The fraction of sp³-hybridized carbons (Fsp3) is 0.500. The summed E-state index contributed by atoms with van der Waals surface area (Å²) >= 11 is 6.16. The third-order valence-corrected chi connectivity index (χ3v) is 6.05. The van der Waals surface area contributed by atoms with E-state index in [1.807, 2.05) is 13.8 Å². The van der Waals surface area contributed by atoms with Crippen molar-refractivity contribution in [2.45, 2.75) is 38.1 Å². The van der Waals surface area contributed by atoms with E-state index in [4.69, 9.17) is 16.3 Å². The summed E-state index contributed by atoms with van der Waals surface area (Å²) in [5.74, 6) is -3.11. The molecule has 2 aliphatic rings. The molecule has 0 spiro atoms. The smallest absolute Gasteiger partial charge is 0.270 e. The molecule has 1 aromatic carbocycles. The molecule has 1 fully saturated rings. The molecule has 0 aliphatic carbocycles. The lowest BCUT2D eigenvalue weighted by Gasteiger charge is -2.53. The molecule has 0 aromatic heterocycles. The Hall–Kier alpha value is -2.43. The first-order chi connectivity index (χ1) is 14.6. The van der Waals surface area contributed by atoms with Crippen LogP contribution < -0.4 is 21.3 Å². The van der Waals surface area contributed by atoms with Crippen molar-refractivity contribution >= 4 is 23.4 Å². The number of benzene rings is 1. The molecule has 2 aliphatic heterocycles. The number of hydrogen-bond acceptors (Lipinski definition) is 6. The van der Waals surface area contributed by atoms with Gasteiger partial charge in [-0.2, -0.15) is 0 Å². The SMILES string of the molecule is CC(C)C1([C@]2(NC(=O)CO)CCNC2)NC(=O)C(Cl)=C(OCc2ccc(F)cc2F)N1. The van der Waals surface area contributed by atoms with Gasteiger partial charge in [0, 0.05) is 18.2 Å². The molecule has 11 heteroatoms. The van der Waals surface area contributed by atoms with Gasteiger partial charge in [-0.15, -0.1) is 0 Å². The number of nitrogens with one attached hydrogen (secondary N) is 4. The van der Waals surface area contributed by atoms with Crippen LogP contribution in [0.5, 0.6) is 0 Å². The molecule has 1 aromatic rings. The highest BCUT2D eigenvalue weighted by atomic mass is 35.5. The maximum atomic E-state index is 14.0. The summed E-state index contributed by atoms with van der Waals surface area (Å²) in [5.41, 5.74) is -2.16. The van der Waals surface area contributed by atoms with Crippen molar-refractivity contribution in [1.82, 2.24) is 21.3 Å². The second-order valence-electron chi connectivity index (χ2n) is 7.92. The van der Waals surface area contributed by atoms with Gasteiger partial charge in [0.1, 0.15) is 30.5 Å². The number of rotatable bonds is 7. The van der Waals surface area contributed by atoms with Gasteiger partial charge in [-0.1, -0.05) is 25.4 Å². The van der Waals surface area contributed by atoms with Crippen LogP contribution in [0.15, 0.2) is 29.1 Å². The third kappa shape index (κ3) is 4.32. The molecule has 0 bridgehead atoms. The van der Waals surface area contributed by atoms with Crippen LogP contribution in [0.25, 0.3) is 0 Å². The van der Waals surface area contributed by atoms with E-state index in [9.17, 15) is 23.5 Å². The summed E-state index contributed by atoms with van der Waals surface area (Å²) < 4.78 is 32.8. The number of halogens is 3. The fourth-order valence-electron chi connectivity index (χ4n) is 4.11. The van der Waals surface area contributed by atoms with Crippen LogP contribution in [0.4, 0.5) is 8.78 Å². The molecular formula is C20H25ClF2N4O4. The van der Waals surface area contributed by atoms with Crippen LogP contribution in [0.2, 0.25) is 0 Å². The van der Waals surface area contributed by atoms with Gasteiger partial charge in [0.15, 0.2) is 5.03 Å². The Morgan fingerprint density at radius 1 is 1.35 bits per heavy atom. The topological polar surface area (TPSA) is 112 Å². The minimum Gasteiger partial charge on any atom is -0.473 e. The van der Waals surface area contributed by atoms with Gasteiger partial charge in [0.05, 0.1) is 5.54 Å². The van der Waals surface area contributed by atoms with Crippen molar-refractivity contribution in [3.63, 3.8) is 0 Å². The number of carbonyl (C=O) groups is 2. The first-order valence-corrected chi connectivity index (χ1v) is 10.2. The minimum atomic E-state index is -1.23. The molecule has 5 N–H and O–H groups in total. The van der Waals surface area contributed by atoms with Gasteiger partial charge in [0.2, 0.25) is 11.8 Å². The Labute approximate surface area is 183 Å². The Morgan fingerprint density at radius 3 is 2.68 bits per heavy atom. The summed E-state index contributed by atoms with van der Waals surface area (Å²) in [6.45, 7) is 3.53. The third-order valence-electron chi connectivity index (χ3n) is 5.71. The van der Waals surface area contributed by atoms with Crippen molar-refractivity contribution in [2.24, 2.45) is 5.92 Å². The quantitative estimate of drug-likeness (QED) is 0.413. The number of aliphatic hydroxyl groups excluding tert-OH is 1. The lowest BCUT2D eigenvalue weighted by molar-refractivity contribution is -0.131. The van der Waals surface area contributed by atoms with E-state index in [1.165, 1.54) is 6.07 Å². The maximum Gasteiger partial charge on any atom is 0.270 e. The van der Waals surface area contributed by atoms with E-state index in [-0.39, 0.29) is 29.0 Å². The molecule has 2 amide bonds. The van der Waals surface area contributed by atoms with E-state index in [0.717, 1.165) is 12.1 Å². The first kappa shape index (κ1) is 23.2. The molecule has 2 atom stereocenters. The highest BCUT2D eigenvalue weighted by Crippen LogP contribution is 2.37. The Balaban J connectivity index is 1.94. The molecule has 1 unspecified atom stereocenters. The van der Waals surface area contributed by atoms with Gasteiger partial charge in [-0.3, -0.25) is 9.59 Å². The maximum absolute atomic E-state index is 14.0. The molecule has 0 radical (unpaired) electrons. The van der Waals surface area contributed by atoms with E-state index in [1.54, 1.807) is 0 Å². The molecule has 170 valence electrons. The normalized spacial score (nSPS) is 26.0. The summed E-state index contributed by atoms with van der Waals surface area (Å²) in [4.78, 5) is 24.9. The minimum absolute atomic E-state index is 0.0760. The van der Waals surface area contributed by atoms with Crippen molar-refractivity contribution < 1.29 is 28.2 Å². The first-order valence-electron chi connectivity index (χ1n) is 9.84. The molecule has 2 heterocycles. The molecule has 3 rings (SSSR count). The van der Waals surface area contributed by atoms with Crippen molar-refractivity contribution in [1.29, 1.82) is 0 Å².